The molecule has 10 nitrogen and oxygen atoms in total. The summed E-state index contributed by atoms with van der Waals surface area (Å²) in [5.74, 6) is -2.49. The summed E-state index contributed by atoms with van der Waals surface area (Å²) in [6, 6.07) is -1.34. The summed E-state index contributed by atoms with van der Waals surface area (Å²) in [5, 5.41) is 11.4. The molecule has 0 rings (SSSR count). The van der Waals surface area contributed by atoms with Crippen molar-refractivity contribution in [1.82, 2.24) is 14.3 Å². The standard InChI is InChI=1S/C11H23N3O7S2/c1-4-22(18,19)13-6-8-23(20,21)14(9(2)11(16)17)7-5-12-10(3)15/h9,13H,4-8H2,1-3H3,(H,12,15)(H,16,17). The summed E-state index contributed by atoms with van der Waals surface area (Å²) >= 11 is 0. The Morgan fingerprint density at radius 1 is 1.17 bits per heavy atom. The van der Waals surface area contributed by atoms with E-state index in [0.717, 1.165) is 4.31 Å². The van der Waals surface area contributed by atoms with Crippen LogP contribution in [0.2, 0.25) is 0 Å². The van der Waals surface area contributed by atoms with Crippen LogP contribution in [0, 0.1) is 0 Å². The van der Waals surface area contributed by atoms with Gasteiger partial charge in [-0.1, -0.05) is 0 Å². The lowest BCUT2D eigenvalue weighted by Gasteiger charge is -2.25. The van der Waals surface area contributed by atoms with E-state index in [1.165, 1.54) is 20.8 Å². The second kappa shape index (κ2) is 9.15. The smallest absolute Gasteiger partial charge is 0.321 e. The summed E-state index contributed by atoms with van der Waals surface area (Å²) in [4.78, 5) is 21.9. The van der Waals surface area contributed by atoms with Crippen LogP contribution in [0.1, 0.15) is 20.8 Å². The third-order valence-corrected chi connectivity index (χ3v) is 6.25. The molecule has 0 saturated heterocycles. The molecule has 0 aliphatic rings. The Bertz CT molecular complexity index is 616. The fourth-order valence-corrected chi connectivity index (χ4v) is 3.87. The van der Waals surface area contributed by atoms with E-state index in [1.807, 2.05) is 0 Å². The molecule has 12 heteroatoms. The van der Waals surface area contributed by atoms with Crippen molar-refractivity contribution in [2.45, 2.75) is 26.8 Å². The maximum absolute atomic E-state index is 12.2. The Labute approximate surface area is 136 Å². The summed E-state index contributed by atoms with van der Waals surface area (Å²) in [5.41, 5.74) is 0. The van der Waals surface area contributed by atoms with Gasteiger partial charge in [-0.3, -0.25) is 9.59 Å². The van der Waals surface area contributed by atoms with Crippen LogP contribution < -0.4 is 10.0 Å². The van der Waals surface area contributed by atoms with Crippen LogP contribution in [-0.2, 0) is 29.6 Å². The van der Waals surface area contributed by atoms with Crippen LogP contribution in [0.3, 0.4) is 0 Å². The van der Waals surface area contributed by atoms with Crippen LogP contribution in [0.25, 0.3) is 0 Å². The molecule has 0 aliphatic carbocycles. The fourth-order valence-electron chi connectivity index (χ4n) is 1.58. The number of carbonyl (C=O) groups is 2. The minimum Gasteiger partial charge on any atom is -0.480 e. The molecule has 0 spiro atoms. The van der Waals surface area contributed by atoms with Crippen molar-refractivity contribution in [3.8, 4) is 0 Å². The Balaban J connectivity index is 4.97. The van der Waals surface area contributed by atoms with Gasteiger partial charge in [0.1, 0.15) is 6.04 Å². The molecule has 0 fully saturated rings. The van der Waals surface area contributed by atoms with Gasteiger partial charge in [0.15, 0.2) is 0 Å². The van der Waals surface area contributed by atoms with Crippen molar-refractivity contribution in [3.05, 3.63) is 0 Å². The second-order valence-corrected chi connectivity index (χ2v) is 8.86. The number of sulfonamides is 2. The molecule has 0 aliphatic heterocycles. The Hall–Kier alpha value is -1.24. The third-order valence-electron chi connectivity index (χ3n) is 2.91. The number of nitrogens with one attached hydrogen (secondary N) is 2. The van der Waals surface area contributed by atoms with E-state index in [1.54, 1.807) is 0 Å². The number of carboxylic acid groups (broad SMARTS) is 1. The molecule has 0 aromatic heterocycles. The predicted octanol–water partition coefficient (Wildman–Crippen LogP) is -1.83. The number of hydrogen-bond donors (Lipinski definition) is 3. The second-order valence-electron chi connectivity index (χ2n) is 4.72. The van der Waals surface area contributed by atoms with Crippen molar-refractivity contribution in [1.29, 1.82) is 0 Å². The highest BCUT2D eigenvalue weighted by molar-refractivity contribution is 7.90. The van der Waals surface area contributed by atoms with Gasteiger partial charge in [-0.25, -0.2) is 21.6 Å². The molecule has 0 saturated carbocycles. The summed E-state index contributed by atoms with van der Waals surface area (Å²) < 4.78 is 49.9. The summed E-state index contributed by atoms with van der Waals surface area (Å²) in [6.07, 6.45) is 0. The molecular formula is C11H23N3O7S2. The van der Waals surface area contributed by atoms with Crippen molar-refractivity contribution in [2.75, 3.05) is 31.1 Å². The van der Waals surface area contributed by atoms with Crippen LogP contribution >= 0.6 is 0 Å². The molecule has 3 N–H and O–H groups in total. The lowest BCUT2D eigenvalue weighted by atomic mass is 10.3. The van der Waals surface area contributed by atoms with Gasteiger partial charge in [0.2, 0.25) is 26.0 Å². The van der Waals surface area contributed by atoms with E-state index in [-0.39, 0.29) is 31.3 Å². The first-order chi connectivity index (χ1) is 10.4. The minimum atomic E-state index is -4.02. The molecule has 1 amide bonds. The maximum Gasteiger partial charge on any atom is 0.321 e. The van der Waals surface area contributed by atoms with Crippen LogP contribution in [0.5, 0.6) is 0 Å². The van der Waals surface area contributed by atoms with E-state index in [2.05, 4.69) is 10.0 Å². The molecule has 0 aromatic carbocycles. The minimum absolute atomic E-state index is 0.0487. The van der Waals surface area contributed by atoms with Gasteiger partial charge in [-0.05, 0) is 13.8 Å². The number of carbonyl (C=O) groups excluding carboxylic acids is 1. The average molecular weight is 373 g/mol. The number of hydrogen-bond acceptors (Lipinski definition) is 6. The summed E-state index contributed by atoms with van der Waals surface area (Å²) in [6.45, 7) is 3.22. The molecule has 1 atom stereocenters. The van der Waals surface area contributed by atoms with E-state index in [9.17, 15) is 26.4 Å². The average Bonchev–Trinajstić information content (AvgIpc) is 2.41. The van der Waals surface area contributed by atoms with Gasteiger partial charge >= 0.3 is 5.97 Å². The SMILES string of the molecule is CCS(=O)(=O)NCCS(=O)(=O)N(CCNC(C)=O)C(C)C(=O)O. The molecule has 1 unspecified atom stereocenters. The van der Waals surface area contributed by atoms with Crippen LogP contribution in [0.15, 0.2) is 0 Å². The van der Waals surface area contributed by atoms with Gasteiger partial charge in [-0.15, -0.1) is 0 Å². The van der Waals surface area contributed by atoms with Crippen molar-refractivity contribution in [3.63, 3.8) is 0 Å². The lowest BCUT2D eigenvalue weighted by Crippen LogP contribution is -2.48. The van der Waals surface area contributed by atoms with Crippen molar-refractivity contribution in [2.24, 2.45) is 0 Å². The molecule has 136 valence electrons. The van der Waals surface area contributed by atoms with Gasteiger partial charge in [0.05, 0.1) is 11.5 Å². The maximum atomic E-state index is 12.2. The van der Waals surface area contributed by atoms with Crippen LogP contribution in [-0.4, -0.2) is 75.3 Å². The van der Waals surface area contributed by atoms with Crippen molar-refractivity contribution >= 4 is 31.9 Å². The molecular weight excluding hydrogens is 350 g/mol. The highest BCUT2D eigenvalue weighted by Crippen LogP contribution is 2.08. The molecule has 23 heavy (non-hydrogen) atoms. The zero-order chi connectivity index (χ0) is 18.3. The first-order valence-electron chi connectivity index (χ1n) is 6.87. The van der Waals surface area contributed by atoms with Gasteiger partial charge in [0, 0.05) is 26.6 Å². The number of amides is 1. The normalized spacial score (nSPS) is 13.7. The number of nitrogens with zero attached hydrogens (tertiary/aromatic N) is 1. The van der Waals surface area contributed by atoms with Crippen molar-refractivity contribution < 1.29 is 31.5 Å². The van der Waals surface area contributed by atoms with Gasteiger partial charge < -0.3 is 10.4 Å². The Morgan fingerprint density at radius 2 is 1.74 bits per heavy atom. The lowest BCUT2D eigenvalue weighted by molar-refractivity contribution is -0.140. The molecule has 0 radical (unpaired) electrons. The predicted molar refractivity (Wildman–Crippen MR) is 83.7 cm³/mol. The fraction of sp³-hybridized carbons (Fsp3) is 0.818. The number of aliphatic carboxylic acids is 1. The first-order valence-corrected chi connectivity index (χ1v) is 10.1. The number of carboxylic acids is 1. The zero-order valence-electron chi connectivity index (χ0n) is 13.3. The Morgan fingerprint density at radius 3 is 2.17 bits per heavy atom. The zero-order valence-corrected chi connectivity index (χ0v) is 14.9. The molecule has 0 bridgehead atoms. The highest BCUT2D eigenvalue weighted by atomic mass is 32.2. The molecule has 0 aromatic rings. The first kappa shape index (κ1) is 21.8. The van der Waals surface area contributed by atoms with Crippen LogP contribution in [0.4, 0.5) is 0 Å². The quantitative estimate of drug-likeness (QED) is 0.385. The molecule has 0 heterocycles. The topological polar surface area (TPSA) is 150 Å². The van der Waals surface area contributed by atoms with E-state index in [0.29, 0.717) is 0 Å². The monoisotopic (exact) mass is 373 g/mol. The number of rotatable bonds is 11. The Kier molecular flexibility index (Phi) is 8.66. The van der Waals surface area contributed by atoms with E-state index >= 15 is 0 Å². The highest BCUT2D eigenvalue weighted by Gasteiger charge is 2.31. The van der Waals surface area contributed by atoms with Gasteiger partial charge in [0.25, 0.3) is 0 Å². The summed E-state index contributed by atoms with van der Waals surface area (Å²) in [7, 11) is -7.56. The van der Waals surface area contributed by atoms with E-state index in [4.69, 9.17) is 5.11 Å². The largest absolute Gasteiger partial charge is 0.480 e. The third kappa shape index (κ3) is 8.25. The van der Waals surface area contributed by atoms with E-state index < -0.39 is 37.8 Å². The van der Waals surface area contributed by atoms with Gasteiger partial charge in [-0.2, -0.15) is 4.31 Å².